The van der Waals surface area contributed by atoms with Crippen molar-refractivity contribution in [1.29, 1.82) is 0 Å². The first-order valence-corrected chi connectivity index (χ1v) is 5.65. The van der Waals surface area contributed by atoms with Gasteiger partial charge in [-0.3, -0.25) is 9.59 Å². The highest BCUT2D eigenvalue weighted by Crippen LogP contribution is 1.90. The molecule has 0 aromatic rings. The quantitative estimate of drug-likeness (QED) is 0.671. The van der Waals surface area contributed by atoms with Crippen molar-refractivity contribution < 1.29 is 28.5 Å². The highest BCUT2D eigenvalue weighted by Gasteiger charge is 2.02. The first-order valence-electron chi connectivity index (χ1n) is 5.65. The largest absolute Gasteiger partial charge is 0.463 e. The third-order valence-electron chi connectivity index (χ3n) is 1.69. The molecule has 18 heavy (non-hydrogen) atoms. The number of carbonyl (C=O) groups excluding carboxylic acids is 2. The highest BCUT2D eigenvalue weighted by atomic mass is 16.6. The first-order chi connectivity index (χ1) is 8.33. The Morgan fingerprint density at radius 1 is 0.944 bits per heavy atom. The zero-order valence-corrected chi connectivity index (χ0v) is 12.0. The second kappa shape index (κ2) is 12.3. The minimum atomic E-state index is -0.265. The van der Waals surface area contributed by atoms with Gasteiger partial charge in [-0.1, -0.05) is 0 Å². The van der Waals surface area contributed by atoms with Gasteiger partial charge in [0.05, 0.1) is 12.7 Å². The van der Waals surface area contributed by atoms with Gasteiger partial charge >= 0.3 is 11.9 Å². The summed E-state index contributed by atoms with van der Waals surface area (Å²) in [6, 6.07) is 0. The molecule has 0 saturated heterocycles. The Labute approximate surface area is 109 Å². The molecule has 0 N–H and O–H groups in total. The lowest BCUT2D eigenvalue weighted by molar-refractivity contribution is -0.147. The van der Waals surface area contributed by atoms with Crippen molar-refractivity contribution in [2.45, 2.75) is 39.9 Å². The van der Waals surface area contributed by atoms with Crippen LogP contribution in [-0.2, 0) is 28.5 Å². The van der Waals surface area contributed by atoms with Crippen LogP contribution in [0.1, 0.15) is 27.7 Å². The van der Waals surface area contributed by atoms with Crippen molar-refractivity contribution in [3.05, 3.63) is 0 Å². The summed E-state index contributed by atoms with van der Waals surface area (Å²) < 4.78 is 18.9. The van der Waals surface area contributed by atoms with E-state index >= 15 is 0 Å². The van der Waals surface area contributed by atoms with Crippen LogP contribution in [0.4, 0.5) is 0 Å². The molecule has 2 unspecified atom stereocenters. The molecule has 0 saturated carbocycles. The lowest BCUT2D eigenvalue weighted by Crippen LogP contribution is -2.17. The Kier molecular flexibility index (Phi) is 13.1. The van der Waals surface area contributed by atoms with Crippen LogP contribution in [-0.4, -0.2) is 51.6 Å². The number of hydrogen-bond acceptors (Lipinski definition) is 6. The van der Waals surface area contributed by atoms with E-state index in [1.165, 1.54) is 13.8 Å². The summed E-state index contributed by atoms with van der Waals surface area (Å²) in [6.07, 6.45) is -0.138. The van der Waals surface area contributed by atoms with Crippen molar-refractivity contribution in [3.63, 3.8) is 0 Å². The topological polar surface area (TPSA) is 71.1 Å². The highest BCUT2D eigenvalue weighted by molar-refractivity contribution is 5.66. The summed E-state index contributed by atoms with van der Waals surface area (Å²) in [6.45, 7) is 7.17. The third-order valence-corrected chi connectivity index (χ3v) is 1.69. The standard InChI is InChI=1S/2C6H12O3/c1-5(8-3)4-9-6(2)7;1-5(4-8-3)9-6(2)7/h2*5H,4H2,1-3H3. The van der Waals surface area contributed by atoms with Crippen LogP contribution in [0.25, 0.3) is 0 Å². The molecular formula is C12H24O6. The van der Waals surface area contributed by atoms with E-state index in [1.54, 1.807) is 21.1 Å². The summed E-state index contributed by atoms with van der Waals surface area (Å²) in [4.78, 5) is 20.4. The fraction of sp³-hybridized carbons (Fsp3) is 0.833. The third kappa shape index (κ3) is 17.3. The Balaban J connectivity index is 0. The normalized spacial score (nSPS) is 12.8. The van der Waals surface area contributed by atoms with Crippen molar-refractivity contribution in [1.82, 2.24) is 0 Å². The van der Waals surface area contributed by atoms with Crippen LogP contribution >= 0.6 is 0 Å². The van der Waals surface area contributed by atoms with Crippen LogP contribution < -0.4 is 0 Å². The average Bonchev–Trinajstić information content (AvgIpc) is 2.26. The fourth-order valence-electron chi connectivity index (χ4n) is 0.855. The van der Waals surface area contributed by atoms with Crippen LogP contribution in [0.15, 0.2) is 0 Å². The Morgan fingerprint density at radius 2 is 1.50 bits per heavy atom. The number of carbonyl (C=O) groups is 2. The molecule has 6 heteroatoms. The van der Waals surface area contributed by atoms with Crippen molar-refractivity contribution in [3.8, 4) is 0 Å². The maximum Gasteiger partial charge on any atom is 0.302 e. The molecule has 0 fully saturated rings. The molecule has 6 nitrogen and oxygen atoms in total. The molecule has 0 spiro atoms. The molecule has 0 aliphatic rings. The summed E-state index contributed by atoms with van der Waals surface area (Å²) in [5, 5.41) is 0. The lowest BCUT2D eigenvalue weighted by atomic mass is 10.4. The predicted octanol–water partition coefficient (Wildman–Crippen LogP) is 1.17. The molecular weight excluding hydrogens is 240 g/mol. The Hall–Kier alpha value is -1.14. The number of esters is 2. The molecule has 0 bridgehead atoms. The predicted molar refractivity (Wildman–Crippen MR) is 66.2 cm³/mol. The number of ether oxygens (including phenoxy) is 4. The van der Waals surface area contributed by atoms with Gasteiger partial charge in [0.15, 0.2) is 0 Å². The van der Waals surface area contributed by atoms with Gasteiger partial charge in [-0.05, 0) is 13.8 Å². The van der Waals surface area contributed by atoms with Crippen molar-refractivity contribution in [2.75, 3.05) is 27.4 Å². The summed E-state index contributed by atoms with van der Waals surface area (Å²) >= 11 is 0. The van der Waals surface area contributed by atoms with Gasteiger partial charge < -0.3 is 18.9 Å². The SMILES string of the molecule is COC(C)COC(C)=O.COCC(C)OC(C)=O. The van der Waals surface area contributed by atoms with Crippen LogP contribution in [0.2, 0.25) is 0 Å². The van der Waals surface area contributed by atoms with E-state index in [1.807, 2.05) is 6.92 Å². The molecule has 0 rings (SSSR count). The Morgan fingerprint density at radius 3 is 1.83 bits per heavy atom. The van der Waals surface area contributed by atoms with Crippen molar-refractivity contribution in [2.24, 2.45) is 0 Å². The minimum absolute atomic E-state index is 0.00565. The van der Waals surface area contributed by atoms with Gasteiger partial charge in [0, 0.05) is 28.1 Å². The lowest BCUT2D eigenvalue weighted by Gasteiger charge is -2.08. The fourth-order valence-corrected chi connectivity index (χ4v) is 0.855. The van der Waals surface area contributed by atoms with Gasteiger partial charge in [0.25, 0.3) is 0 Å². The molecule has 0 radical (unpaired) electrons. The van der Waals surface area contributed by atoms with E-state index in [-0.39, 0.29) is 24.1 Å². The molecule has 2 atom stereocenters. The molecule has 0 amide bonds. The zero-order chi connectivity index (χ0) is 14.6. The van der Waals surface area contributed by atoms with Gasteiger partial charge in [0.1, 0.15) is 12.7 Å². The molecule has 0 aromatic heterocycles. The van der Waals surface area contributed by atoms with Gasteiger partial charge in [0.2, 0.25) is 0 Å². The maximum atomic E-state index is 10.3. The maximum absolute atomic E-state index is 10.3. The average molecular weight is 264 g/mol. The molecule has 0 aliphatic heterocycles. The second-order valence-corrected chi connectivity index (χ2v) is 3.72. The summed E-state index contributed by atoms with van der Waals surface area (Å²) in [7, 11) is 3.15. The number of methoxy groups -OCH3 is 2. The van der Waals surface area contributed by atoms with E-state index in [0.717, 1.165) is 0 Å². The van der Waals surface area contributed by atoms with Gasteiger partial charge in [-0.15, -0.1) is 0 Å². The van der Waals surface area contributed by atoms with Gasteiger partial charge in [-0.2, -0.15) is 0 Å². The van der Waals surface area contributed by atoms with Crippen LogP contribution in [0.5, 0.6) is 0 Å². The molecule has 0 aromatic carbocycles. The van der Waals surface area contributed by atoms with E-state index in [0.29, 0.717) is 13.2 Å². The summed E-state index contributed by atoms with van der Waals surface area (Å²) in [5.41, 5.74) is 0. The van der Waals surface area contributed by atoms with Gasteiger partial charge in [-0.25, -0.2) is 0 Å². The number of rotatable bonds is 6. The van der Waals surface area contributed by atoms with E-state index in [9.17, 15) is 9.59 Å². The van der Waals surface area contributed by atoms with Crippen molar-refractivity contribution >= 4 is 11.9 Å². The van der Waals surface area contributed by atoms with Crippen LogP contribution in [0.3, 0.4) is 0 Å². The van der Waals surface area contributed by atoms with E-state index in [4.69, 9.17) is 14.2 Å². The van der Waals surface area contributed by atoms with E-state index in [2.05, 4.69) is 4.74 Å². The first kappa shape index (κ1) is 19.2. The molecule has 0 heterocycles. The monoisotopic (exact) mass is 264 g/mol. The zero-order valence-electron chi connectivity index (χ0n) is 12.0. The second-order valence-electron chi connectivity index (χ2n) is 3.72. The van der Waals surface area contributed by atoms with Crippen LogP contribution in [0, 0.1) is 0 Å². The minimum Gasteiger partial charge on any atom is -0.463 e. The van der Waals surface area contributed by atoms with E-state index < -0.39 is 0 Å². The summed E-state index contributed by atoms with van der Waals surface area (Å²) in [5.74, 6) is -0.529. The molecule has 108 valence electrons. The smallest absolute Gasteiger partial charge is 0.302 e. The Bertz CT molecular complexity index is 229. The number of hydrogen-bond donors (Lipinski definition) is 0. The molecule has 0 aliphatic carbocycles.